The molecule has 1 aromatic carbocycles. The molecule has 0 spiro atoms. The van der Waals surface area contributed by atoms with E-state index in [9.17, 15) is 9.59 Å². The Labute approximate surface area is 158 Å². The first-order chi connectivity index (χ1) is 13.0. The lowest BCUT2D eigenvalue weighted by Gasteiger charge is -2.34. The minimum Gasteiger partial charge on any atom is -0.366 e. The van der Waals surface area contributed by atoms with Gasteiger partial charge in [-0.25, -0.2) is 4.98 Å². The number of rotatable bonds is 4. The largest absolute Gasteiger partial charge is 0.366 e. The zero-order valence-corrected chi connectivity index (χ0v) is 15.1. The molecule has 0 bridgehead atoms. The highest BCUT2D eigenvalue weighted by Crippen LogP contribution is 2.25. The van der Waals surface area contributed by atoms with E-state index in [1.807, 2.05) is 6.07 Å². The van der Waals surface area contributed by atoms with Crippen molar-refractivity contribution in [2.75, 3.05) is 29.9 Å². The number of amides is 2. The second-order valence-electron chi connectivity index (χ2n) is 6.59. The van der Waals surface area contributed by atoms with Crippen LogP contribution >= 0.6 is 0 Å². The maximum atomic E-state index is 12.8. The van der Waals surface area contributed by atoms with Crippen LogP contribution in [0.3, 0.4) is 0 Å². The molecule has 0 radical (unpaired) electrons. The van der Waals surface area contributed by atoms with Crippen LogP contribution in [0.2, 0.25) is 0 Å². The number of pyridine rings is 1. The molecule has 7 heteroatoms. The van der Waals surface area contributed by atoms with E-state index in [2.05, 4.69) is 16.0 Å². The van der Waals surface area contributed by atoms with Crippen LogP contribution in [0.1, 0.15) is 28.8 Å². The fourth-order valence-electron chi connectivity index (χ4n) is 3.25. The molecule has 1 saturated heterocycles. The molecule has 1 aromatic heterocycles. The lowest BCUT2D eigenvalue weighted by Crippen LogP contribution is -2.41. The Bertz CT molecular complexity index is 863. The highest BCUT2D eigenvalue weighted by atomic mass is 16.2. The van der Waals surface area contributed by atoms with Gasteiger partial charge >= 0.3 is 0 Å². The first kappa shape index (κ1) is 18.4. The number of nitrogens with zero attached hydrogens (tertiary/aromatic N) is 4. The molecule has 0 aliphatic carbocycles. The van der Waals surface area contributed by atoms with Crippen molar-refractivity contribution in [1.29, 1.82) is 5.26 Å². The van der Waals surface area contributed by atoms with Crippen molar-refractivity contribution < 1.29 is 9.59 Å². The average molecular weight is 363 g/mol. The van der Waals surface area contributed by atoms with E-state index in [0.29, 0.717) is 11.1 Å². The van der Waals surface area contributed by atoms with Crippen LogP contribution in [0.4, 0.5) is 11.5 Å². The molecule has 1 aliphatic rings. The number of nitriles is 1. The smallest absolute Gasteiger partial charge is 0.248 e. The summed E-state index contributed by atoms with van der Waals surface area (Å²) >= 11 is 0. The number of anilines is 2. The lowest BCUT2D eigenvalue weighted by molar-refractivity contribution is -0.122. The predicted molar refractivity (Wildman–Crippen MR) is 102 cm³/mol. The minimum atomic E-state index is -0.487. The Kier molecular flexibility index (Phi) is 5.36. The molecule has 7 nitrogen and oxygen atoms in total. The van der Waals surface area contributed by atoms with Crippen molar-refractivity contribution in [2.24, 2.45) is 11.7 Å². The molecule has 1 fully saturated rings. The summed E-state index contributed by atoms with van der Waals surface area (Å²) < 4.78 is 0. The van der Waals surface area contributed by atoms with E-state index in [4.69, 9.17) is 11.0 Å². The van der Waals surface area contributed by atoms with Crippen LogP contribution in [-0.4, -0.2) is 36.9 Å². The van der Waals surface area contributed by atoms with Crippen molar-refractivity contribution in [3.05, 3.63) is 53.7 Å². The third-order valence-corrected chi connectivity index (χ3v) is 4.91. The van der Waals surface area contributed by atoms with Gasteiger partial charge in [0.25, 0.3) is 0 Å². The first-order valence-electron chi connectivity index (χ1n) is 8.78. The monoisotopic (exact) mass is 363 g/mol. The highest BCUT2D eigenvalue weighted by molar-refractivity contribution is 5.96. The van der Waals surface area contributed by atoms with Crippen LogP contribution in [0, 0.1) is 17.2 Å². The molecule has 27 heavy (non-hydrogen) atoms. The van der Waals surface area contributed by atoms with Crippen LogP contribution in [-0.2, 0) is 4.79 Å². The molecular formula is C20H21N5O2. The van der Waals surface area contributed by atoms with E-state index in [1.54, 1.807) is 48.5 Å². The summed E-state index contributed by atoms with van der Waals surface area (Å²) in [7, 11) is 1.75. The third kappa shape index (κ3) is 4.06. The number of primary amides is 1. The summed E-state index contributed by atoms with van der Waals surface area (Å²) in [4.78, 5) is 32.1. The van der Waals surface area contributed by atoms with Crippen molar-refractivity contribution in [1.82, 2.24) is 4.98 Å². The van der Waals surface area contributed by atoms with E-state index < -0.39 is 5.91 Å². The first-order valence-corrected chi connectivity index (χ1v) is 8.78. The molecule has 2 aromatic rings. The SMILES string of the molecule is CN(C(=O)C1CCN(c2ccc(C#N)cn2)CC1)c1ccc(C(N)=O)cc1. The Hall–Kier alpha value is -3.40. The number of hydrogen-bond acceptors (Lipinski definition) is 5. The summed E-state index contributed by atoms with van der Waals surface area (Å²) in [5.41, 5.74) is 6.94. The second kappa shape index (κ2) is 7.87. The molecule has 0 unspecified atom stereocenters. The maximum absolute atomic E-state index is 12.8. The van der Waals surface area contributed by atoms with E-state index in [-0.39, 0.29) is 11.8 Å². The summed E-state index contributed by atoms with van der Waals surface area (Å²) in [5, 5.41) is 8.85. The van der Waals surface area contributed by atoms with Gasteiger partial charge in [0.2, 0.25) is 11.8 Å². The molecule has 2 N–H and O–H groups in total. The normalized spacial score (nSPS) is 14.4. The van der Waals surface area contributed by atoms with Gasteiger partial charge < -0.3 is 15.5 Å². The van der Waals surface area contributed by atoms with Gasteiger partial charge in [0, 0.05) is 43.5 Å². The molecule has 0 atom stereocenters. The van der Waals surface area contributed by atoms with Gasteiger partial charge in [-0.2, -0.15) is 5.26 Å². The molecular weight excluding hydrogens is 342 g/mol. The Balaban J connectivity index is 1.60. The van der Waals surface area contributed by atoms with E-state index >= 15 is 0 Å². The number of hydrogen-bond donors (Lipinski definition) is 1. The fourth-order valence-corrected chi connectivity index (χ4v) is 3.25. The zero-order chi connectivity index (χ0) is 19.4. The van der Waals surface area contributed by atoms with Crippen molar-refractivity contribution in [2.45, 2.75) is 12.8 Å². The summed E-state index contributed by atoms with van der Waals surface area (Å²) in [6, 6.07) is 12.4. The predicted octanol–water partition coefficient (Wildman–Crippen LogP) is 1.93. The summed E-state index contributed by atoms with van der Waals surface area (Å²) in [6.45, 7) is 1.48. The lowest BCUT2D eigenvalue weighted by atomic mass is 9.95. The van der Waals surface area contributed by atoms with Crippen molar-refractivity contribution in [3.63, 3.8) is 0 Å². The number of carbonyl (C=O) groups excluding carboxylic acids is 2. The zero-order valence-electron chi connectivity index (χ0n) is 15.1. The Morgan fingerprint density at radius 1 is 1.19 bits per heavy atom. The number of benzene rings is 1. The average Bonchev–Trinajstić information content (AvgIpc) is 2.73. The number of carbonyl (C=O) groups is 2. The quantitative estimate of drug-likeness (QED) is 0.894. The van der Waals surface area contributed by atoms with Crippen molar-refractivity contribution in [3.8, 4) is 6.07 Å². The Morgan fingerprint density at radius 3 is 2.37 bits per heavy atom. The summed E-state index contributed by atoms with van der Waals surface area (Å²) in [5.74, 6) is 0.351. The maximum Gasteiger partial charge on any atom is 0.248 e. The molecule has 2 heterocycles. The number of piperidine rings is 1. The van der Waals surface area contributed by atoms with Gasteiger partial charge in [0.15, 0.2) is 0 Å². The molecule has 138 valence electrons. The number of aromatic nitrogens is 1. The Morgan fingerprint density at radius 2 is 1.85 bits per heavy atom. The molecule has 0 saturated carbocycles. The van der Waals surface area contributed by atoms with Crippen LogP contribution in [0.15, 0.2) is 42.6 Å². The topological polar surface area (TPSA) is 103 Å². The van der Waals surface area contributed by atoms with Crippen LogP contribution in [0.5, 0.6) is 0 Å². The van der Waals surface area contributed by atoms with Gasteiger partial charge in [-0.1, -0.05) is 0 Å². The van der Waals surface area contributed by atoms with Gasteiger partial charge in [-0.05, 0) is 49.2 Å². The van der Waals surface area contributed by atoms with E-state index in [1.165, 1.54) is 0 Å². The van der Waals surface area contributed by atoms with Gasteiger partial charge in [-0.3, -0.25) is 9.59 Å². The van der Waals surface area contributed by atoms with Gasteiger partial charge in [-0.15, -0.1) is 0 Å². The standard InChI is InChI=1S/C20H21N5O2/c1-24(17-5-3-15(4-6-17)19(22)26)20(27)16-8-10-25(11-9-16)18-7-2-14(12-21)13-23-18/h2-7,13,16H,8-11H2,1H3,(H2,22,26). The van der Waals surface area contributed by atoms with Gasteiger partial charge in [0.1, 0.15) is 11.9 Å². The molecule has 1 aliphatic heterocycles. The fraction of sp³-hybridized carbons (Fsp3) is 0.300. The third-order valence-electron chi connectivity index (χ3n) is 4.91. The number of nitrogens with two attached hydrogens (primary N) is 1. The second-order valence-corrected chi connectivity index (χ2v) is 6.59. The molecule has 3 rings (SSSR count). The van der Waals surface area contributed by atoms with Gasteiger partial charge in [0.05, 0.1) is 5.56 Å². The van der Waals surface area contributed by atoms with Crippen LogP contribution in [0.25, 0.3) is 0 Å². The highest BCUT2D eigenvalue weighted by Gasteiger charge is 2.28. The molecule has 2 amide bonds. The van der Waals surface area contributed by atoms with Crippen molar-refractivity contribution >= 4 is 23.3 Å². The van der Waals surface area contributed by atoms with E-state index in [0.717, 1.165) is 37.4 Å². The van der Waals surface area contributed by atoms with Crippen LogP contribution < -0.4 is 15.5 Å². The summed E-state index contributed by atoms with van der Waals surface area (Å²) in [6.07, 6.45) is 3.05. The minimum absolute atomic E-state index is 0.0551.